The van der Waals surface area contributed by atoms with Gasteiger partial charge in [-0.15, -0.1) is 0 Å². The maximum absolute atomic E-state index is 12.1. The number of esters is 1. The molecule has 6 atom stereocenters. The average Bonchev–Trinajstić information content (AvgIpc) is 2.54. The number of rotatable bonds is 3. The molecular weight excluding hydrogens is 328 g/mol. The summed E-state index contributed by atoms with van der Waals surface area (Å²) in [5.41, 5.74) is 0.606. The third-order valence-corrected chi connectivity index (χ3v) is 7.91. The van der Waals surface area contributed by atoms with Gasteiger partial charge < -0.3 is 9.84 Å². The van der Waals surface area contributed by atoms with Crippen molar-refractivity contribution in [3.05, 3.63) is 11.6 Å². The van der Waals surface area contributed by atoms with E-state index in [1.807, 2.05) is 6.92 Å². The Hall–Kier alpha value is -1.32. The third kappa shape index (κ3) is 2.90. The lowest BCUT2D eigenvalue weighted by Crippen LogP contribution is -2.55. The average molecular weight is 363 g/mol. The molecule has 3 aliphatic rings. The molecule has 0 radical (unpaired) electrons. The van der Waals surface area contributed by atoms with E-state index >= 15 is 0 Å². The van der Waals surface area contributed by atoms with Crippen LogP contribution in [0.15, 0.2) is 11.6 Å². The molecule has 4 nitrogen and oxygen atoms in total. The molecule has 0 saturated heterocycles. The fraction of sp³-hybridized carbons (Fsp3) is 0.818. The van der Waals surface area contributed by atoms with Crippen LogP contribution in [0.2, 0.25) is 0 Å². The number of carbonyl (C=O) groups excluding carboxylic acids is 1. The maximum atomic E-state index is 12.1. The second kappa shape index (κ2) is 6.69. The first-order valence-corrected chi connectivity index (χ1v) is 10.2. The number of carboxylic acids is 1. The zero-order valence-corrected chi connectivity index (χ0v) is 16.9. The highest BCUT2D eigenvalue weighted by Crippen LogP contribution is 2.63. The molecule has 0 unspecified atom stereocenters. The highest BCUT2D eigenvalue weighted by molar-refractivity contribution is 5.75. The Morgan fingerprint density at radius 2 is 1.92 bits per heavy atom. The van der Waals surface area contributed by atoms with Crippen molar-refractivity contribution in [1.82, 2.24) is 0 Å². The zero-order chi connectivity index (χ0) is 19.3. The Morgan fingerprint density at radius 1 is 1.23 bits per heavy atom. The van der Waals surface area contributed by atoms with E-state index in [0.717, 1.165) is 38.5 Å². The number of carboxylic acid groups (broad SMARTS) is 1. The standard InChI is InChI=1S/C22H34O4/c1-13(2)15-7-9-17-16(19(15)26-14(3)23)8-10-18-21(17,4)11-6-12-22(18,5)20(24)25/h8,13,15,17-19H,6-7,9-12H2,1-5H3,(H,24,25)/t15-,17-,18+,19-,21+,22+/m0/s1. The summed E-state index contributed by atoms with van der Waals surface area (Å²) in [6, 6.07) is 0. The van der Waals surface area contributed by atoms with Gasteiger partial charge in [0.1, 0.15) is 6.10 Å². The van der Waals surface area contributed by atoms with Gasteiger partial charge in [0.05, 0.1) is 5.41 Å². The van der Waals surface area contributed by atoms with Gasteiger partial charge in [-0.2, -0.15) is 0 Å². The van der Waals surface area contributed by atoms with Crippen molar-refractivity contribution in [1.29, 1.82) is 0 Å². The molecular formula is C22H34O4. The number of allylic oxidation sites excluding steroid dienone is 1. The number of fused-ring (bicyclic) bond motifs is 3. The van der Waals surface area contributed by atoms with Gasteiger partial charge in [0.15, 0.2) is 0 Å². The summed E-state index contributed by atoms with van der Waals surface area (Å²) in [4.78, 5) is 23.9. The van der Waals surface area contributed by atoms with Crippen LogP contribution in [0.25, 0.3) is 0 Å². The van der Waals surface area contributed by atoms with Crippen LogP contribution in [-0.4, -0.2) is 23.1 Å². The van der Waals surface area contributed by atoms with Crippen LogP contribution >= 0.6 is 0 Å². The quantitative estimate of drug-likeness (QED) is 0.577. The van der Waals surface area contributed by atoms with Gasteiger partial charge in [0.25, 0.3) is 0 Å². The van der Waals surface area contributed by atoms with Crippen molar-refractivity contribution in [3.8, 4) is 0 Å². The lowest BCUT2D eigenvalue weighted by atomic mass is 9.45. The summed E-state index contributed by atoms with van der Waals surface area (Å²) >= 11 is 0. The number of aliphatic carboxylic acids is 1. The second-order valence-electron chi connectivity index (χ2n) is 9.64. The molecule has 26 heavy (non-hydrogen) atoms. The number of hydrogen-bond acceptors (Lipinski definition) is 3. The van der Waals surface area contributed by atoms with E-state index in [9.17, 15) is 14.7 Å². The first-order chi connectivity index (χ1) is 12.1. The molecule has 0 aliphatic heterocycles. The highest BCUT2D eigenvalue weighted by atomic mass is 16.5. The minimum Gasteiger partial charge on any atom is -0.481 e. The van der Waals surface area contributed by atoms with E-state index < -0.39 is 11.4 Å². The Kier molecular flexibility index (Phi) is 5.00. The van der Waals surface area contributed by atoms with Crippen molar-refractivity contribution in [3.63, 3.8) is 0 Å². The van der Waals surface area contributed by atoms with Crippen molar-refractivity contribution in [2.45, 2.75) is 79.2 Å². The highest BCUT2D eigenvalue weighted by Gasteiger charge is 2.59. The number of ether oxygens (including phenoxy) is 1. The Morgan fingerprint density at radius 3 is 2.50 bits per heavy atom. The first-order valence-electron chi connectivity index (χ1n) is 10.2. The van der Waals surface area contributed by atoms with Gasteiger partial charge in [-0.3, -0.25) is 9.59 Å². The molecule has 3 aliphatic carbocycles. The molecule has 4 heteroatoms. The SMILES string of the molecule is CC(=O)O[C@@H]1C2=CC[C@@H]3[C@](C)(CCC[C@@]3(C)C(=O)O)[C@H]2CC[C@H]1C(C)C. The normalized spacial score (nSPS) is 42.5. The third-order valence-electron chi connectivity index (χ3n) is 7.91. The van der Waals surface area contributed by atoms with Gasteiger partial charge in [0.2, 0.25) is 0 Å². The van der Waals surface area contributed by atoms with E-state index in [-0.39, 0.29) is 23.4 Å². The largest absolute Gasteiger partial charge is 0.481 e. The summed E-state index contributed by atoms with van der Waals surface area (Å²) in [6.07, 6.45) is 7.81. The molecule has 2 fully saturated rings. The molecule has 0 aromatic rings. The van der Waals surface area contributed by atoms with Crippen LogP contribution in [0.5, 0.6) is 0 Å². The molecule has 0 aromatic carbocycles. The van der Waals surface area contributed by atoms with Gasteiger partial charge in [-0.1, -0.05) is 33.3 Å². The van der Waals surface area contributed by atoms with Crippen molar-refractivity contribution in [2.75, 3.05) is 0 Å². The Labute approximate surface area is 157 Å². The van der Waals surface area contributed by atoms with Gasteiger partial charge in [-0.05, 0) is 67.8 Å². The van der Waals surface area contributed by atoms with Crippen LogP contribution < -0.4 is 0 Å². The van der Waals surface area contributed by atoms with Crippen molar-refractivity contribution < 1.29 is 19.4 Å². The maximum Gasteiger partial charge on any atom is 0.309 e. The van der Waals surface area contributed by atoms with Crippen LogP contribution in [0.4, 0.5) is 0 Å². The molecule has 2 saturated carbocycles. The van der Waals surface area contributed by atoms with E-state index in [0.29, 0.717) is 17.8 Å². The molecule has 0 heterocycles. The second-order valence-corrected chi connectivity index (χ2v) is 9.64. The molecule has 0 amide bonds. The summed E-state index contributed by atoms with van der Waals surface area (Å²) < 4.78 is 5.84. The van der Waals surface area contributed by atoms with E-state index in [2.05, 4.69) is 26.8 Å². The number of carbonyl (C=O) groups is 2. The fourth-order valence-corrected chi connectivity index (χ4v) is 6.48. The predicted molar refractivity (Wildman–Crippen MR) is 100 cm³/mol. The predicted octanol–water partition coefficient (Wildman–Crippen LogP) is 4.83. The van der Waals surface area contributed by atoms with Gasteiger partial charge in [0, 0.05) is 12.8 Å². The molecule has 0 bridgehead atoms. The zero-order valence-electron chi connectivity index (χ0n) is 16.9. The molecule has 0 spiro atoms. The Balaban J connectivity index is 2.01. The lowest BCUT2D eigenvalue weighted by Gasteiger charge is -2.59. The smallest absolute Gasteiger partial charge is 0.309 e. The monoisotopic (exact) mass is 362 g/mol. The summed E-state index contributed by atoms with van der Waals surface area (Å²) in [5.74, 6) is 0.438. The van der Waals surface area contributed by atoms with Crippen LogP contribution in [0, 0.1) is 34.5 Å². The molecule has 0 aromatic heterocycles. The van der Waals surface area contributed by atoms with Gasteiger partial charge in [-0.25, -0.2) is 0 Å². The topological polar surface area (TPSA) is 63.6 Å². The molecule has 3 rings (SSSR count). The summed E-state index contributed by atoms with van der Waals surface area (Å²) in [7, 11) is 0. The minimum atomic E-state index is -0.655. The van der Waals surface area contributed by atoms with Crippen LogP contribution in [-0.2, 0) is 14.3 Å². The first kappa shape index (κ1) is 19.4. The van der Waals surface area contributed by atoms with Crippen LogP contribution in [0.1, 0.15) is 73.1 Å². The van der Waals surface area contributed by atoms with Gasteiger partial charge >= 0.3 is 11.9 Å². The molecule has 146 valence electrons. The van der Waals surface area contributed by atoms with E-state index in [4.69, 9.17) is 4.74 Å². The van der Waals surface area contributed by atoms with Crippen LogP contribution in [0.3, 0.4) is 0 Å². The molecule has 1 N–H and O–H groups in total. The van der Waals surface area contributed by atoms with Crippen molar-refractivity contribution in [2.24, 2.45) is 34.5 Å². The minimum absolute atomic E-state index is 0.0180. The van der Waals surface area contributed by atoms with Crippen molar-refractivity contribution >= 4 is 11.9 Å². The lowest BCUT2D eigenvalue weighted by molar-refractivity contribution is -0.165. The number of hydrogen-bond donors (Lipinski definition) is 1. The summed E-state index contributed by atoms with van der Waals surface area (Å²) in [5, 5.41) is 9.94. The Bertz CT molecular complexity index is 622. The summed E-state index contributed by atoms with van der Waals surface area (Å²) in [6.45, 7) is 10.2. The fourth-order valence-electron chi connectivity index (χ4n) is 6.48. The van der Waals surface area contributed by atoms with E-state index in [1.54, 1.807) is 0 Å². The van der Waals surface area contributed by atoms with E-state index in [1.165, 1.54) is 12.5 Å².